The fraction of sp³-hybridized carbons (Fsp3) is 1.00. The molecule has 0 aliphatic heterocycles. The molecule has 0 saturated heterocycles. The van der Waals surface area contributed by atoms with E-state index in [1.165, 1.54) is 9.83 Å². The molecule has 0 heterocycles. The second kappa shape index (κ2) is 8.53. The molecule has 0 amide bonds. The van der Waals surface area contributed by atoms with Crippen LogP contribution >= 0.6 is 68.5 Å². The maximum absolute atomic E-state index is 4.98. The Morgan fingerprint density at radius 3 is 2.36 bits per heavy atom. The molecule has 0 aromatic carbocycles. The second-order valence-electron chi connectivity index (χ2n) is 0.910. The van der Waals surface area contributed by atoms with Crippen molar-refractivity contribution in [2.45, 2.75) is 0 Å². The Bertz CT molecular complexity index is 173. The lowest BCUT2D eigenvalue weighted by atomic mass is 11.8. The average Bonchev–Trinajstić information content (AvgIpc) is 1.99. The predicted octanol–water partition coefficient (Wildman–Crippen LogP) is 4.22. The zero-order chi connectivity index (χ0) is 8.74. The topological polar surface area (TPSA) is 9.23 Å². The number of halogens is 1. The van der Waals surface area contributed by atoms with Crippen LogP contribution in [0.3, 0.4) is 0 Å². The standard InChI is InChI=1S/CH3IOS8/c1-3-11(4,5)10-9-8-7-6-2/h1H3. The van der Waals surface area contributed by atoms with Crippen LogP contribution < -0.4 is 0 Å². The highest BCUT2D eigenvalue weighted by atomic mass is 127. The van der Waals surface area contributed by atoms with Gasteiger partial charge in [0.15, 0.2) is 0 Å². The van der Waals surface area contributed by atoms with Crippen LogP contribution in [0.1, 0.15) is 0 Å². The van der Waals surface area contributed by atoms with E-state index in [0.717, 1.165) is 0 Å². The van der Waals surface area contributed by atoms with Gasteiger partial charge in [-0.05, 0) is 50.0 Å². The lowest BCUT2D eigenvalue weighted by molar-refractivity contribution is 0.491. The van der Waals surface area contributed by atoms with Gasteiger partial charge < -0.3 is 4.18 Å². The molecule has 0 aliphatic carbocycles. The highest BCUT2D eigenvalue weighted by molar-refractivity contribution is 14.2. The maximum Gasteiger partial charge on any atom is 0.0817 e. The summed E-state index contributed by atoms with van der Waals surface area (Å²) in [5.41, 5.74) is 0. The van der Waals surface area contributed by atoms with Crippen LogP contribution in [0.2, 0.25) is 0 Å². The molecule has 0 spiro atoms. The Morgan fingerprint density at radius 1 is 1.27 bits per heavy atom. The largest absolute Gasteiger partial charge is 0.305 e. The van der Waals surface area contributed by atoms with Gasteiger partial charge in [-0.25, -0.2) is 0 Å². The van der Waals surface area contributed by atoms with E-state index in [1.54, 1.807) is 44.6 Å². The van der Waals surface area contributed by atoms with E-state index in [1.807, 2.05) is 0 Å². The Kier molecular flexibility index (Phi) is 11.0. The molecule has 68 valence electrons. The third kappa shape index (κ3) is 9.53. The van der Waals surface area contributed by atoms with Gasteiger partial charge in [0.05, 0.1) is 13.6 Å². The summed E-state index contributed by atoms with van der Waals surface area (Å²) >= 11 is 12.2. The van der Waals surface area contributed by atoms with Gasteiger partial charge in [-0.3, -0.25) is 0 Å². The minimum Gasteiger partial charge on any atom is -0.305 e. The van der Waals surface area contributed by atoms with Gasteiger partial charge in [-0.1, -0.05) is 0 Å². The normalized spacial score (nSPS) is 11.8. The fourth-order valence-corrected chi connectivity index (χ4v) is 18.4. The van der Waals surface area contributed by atoms with Gasteiger partial charge in [-0.15, -0.1) is 0 Å². The summed E-state index contributed by atoms with van der Waals surface area (Å²) in [6, 6.07) is 0. The number of rotatable bonds is 6. The van der Waals surface area contributed by atoms with Crippen LogP contribution in [0, 0.1) is 0 Å². The highest BCUT2D eigenvalue weighted by Crippen LogP contribution is 2.52. The van der Waals surface area contributed by atoms with Crippen molar-refractivity contribution in [1.82, 2.24) is 0 Å². The summed E-state index contributed by atoms with van der Waals surface area (Å²) in [6.45, 7) is -1.70. The first-order valence-corrected chi connectivity index (χ1v) is 14.5. The summed E-state index contributed by atoms with van der Waals surface area (Å²) in [6.07, 6.45) is 0. The average molecular weight is 414 g/mol. The molecular formula is CH3IOS8. The first-order valence-electron chi connectivity index (χ1n) is 1.90. The van der Waals surface area contributed by atoms with Crippen LogP contribution in [0.5, 0.6) is 0 Å². The van der Waals surface area contributed by atoms with E-state index in [4.69, 9.17) is 26.6 Å². The molecule has 0 aliphatic rings. The van der Waals surface area contributed by atoms with E-state index in [0.29, 0.717) is 0 Å². The summed E-state index contributed by atoms with van der Waals surface area (Å²) < 4.78 is 4.94. The quantitative estimate of drug-likeness (QED) is 0.358. The summed E-state index contributed by atoms with van der Waals surface area (Å²) in [7, 11) is 9.62. The Labute approximate surface area is 107 Å². The van der Waals surface area contributed by atoms with Crippen molar-refractivity contribution in [2.24, 2.45) is 0 Å². The number of hydrogen-bond acceptors (Lipinski definition) is 8. The Balaban J connectivity index is 3.39. The van der Waals surface area contributed by atoms with Gasteiger partial charge in [0, 0.05) is 40.9 Å². The summed E-state index contributed by atoms with van der Waals surface area (Å²) in [5, 5.41) is 0. The first kappa shape index (κ1) is 14.2. The Hall–Kier alpha value is 3.23. The minimum absolute atomic E-state index is 1.45. The third-order valence-electron chi connectivity index (χ3n) is 0.397. The molecule has 0 aromatic rings. The Morgan fingerprint density at radius 2 is 1.91 bits per heavy atom. The SMILES string of the molecule is COS(=S)(=S)SSSSSI. The van der Waals surface area contributed by atoms with Gasteiger partial charge in [0.25, 0.3) is 0 Å². The molecule has 0 bridgehead atoms. The first-order chi connectivity index (χ1) is 5.12. The minimum atomic E-state index is -1.70. The van der Waals surface area contributed by atoms with E-state index in [2.05, 4.69) is 21.2 Å². The van der Waals surface area contributed by atoms with Crippen LogP contribution in [-0.4, -0.2) is 7.11 Å². The molecule has 0 unspecified atom stereocenters. The van der Waals surface area contributed by atoms with Crippen molar-refractivity contribution in [3.8, 4) is 0 Å². The molecule has 0 atom stereocenters. The monoisotopic (exact) mass is 414 g/mol. The molecule has 0 radical (unpaired) electrons. The molecule has 1 nitrogen and oxygen atoms in total. The highest BCUT2D eigenvalue weighted by Gasteiger charge is 2.01. The van der Waals surface area contributed by atoms with Crippen molar-refractivity contribution < 1.29 is 4.18 Å². The molecule has 0 aromatic heterocycles. The van der Waals surface area contributed by atoms with Crippen LogP contribution in [0.25, 0.3) is 0 Å². The molecule has 10 heteroatoms. The molecule has 0 rings (SSSR count). The second-order valence-corrected chi connectivity index (χ2v) is 19.0. The number of hydrogen-bond donors (Lipinski definition) is 0. The molecule has 0 saturated carbocycles. The molecule has 0 fully saturated rings. The van der Waals surface area contributed by atoms with Crippen molar-refractivity contribution in [1.29, 1.82) is 0 Å². The fourth-order valence-electron chi connectivity index (χ4n) is 0.0950. The van der Waals surface area contributed by atoms with Gasteiger partial charge in [0.1, 0.15) is 0 Å². The van der Waals surface area contributed by atoms with Crippen molar-refractivity contribution in [3.63, 3.8) is 0 Å². The molecule has 0 N–H and O–H groups in total. The smallest absolute Gasteiger partial charge is 0.0817 e. The van der Waals surface area contributed by atoms with E-state index in [9.17, 15) is 0 Å². The van der Waals surface area contributed by atoms with Gasteiger partial charge >= 0.3 is 0 Å². The predicted molar refractivity (Wildman–Crippen MR) is 81.1 cm³/mol. The van der Waals surface area contributed by atoms with Crippen molar-refractivity contribution in [2.75, 3.05) is 7.11 Å². The lowest BCUT2D eigenvalue weighted by Crippen LogP contribution is -1.87. The lowest BCUT2D eigenvalue weighted by Gasteiger charge is -2.02. The third-order valence-corrected chi connectivity index (χ3v) is 18.5. The molecular weight excluding hydrogens is 411 g/mol. The van der Waals surface area contributed by atoms with Gasteiger partial charge in [0.2, 0.25) is 0 Å². The zero-order valence-electron chi connectivity index (χ0n) is 5.05. The van der Waals surface area contributed by atoms with E-state index in [-0.39, 0.29) is 0 Å². The zero-order valence-corrected chi connectivity index (χ0v) is 13.7. The van der Waals surface area contributed by atoms with Crippen LogP contribution in [-0.2, 0) is 33.0 Å². The van der Waals surface area contributed by atoms with Crippen molar-refractivity contribution >= 4 is 97.3 Å². The van der Waals surface area contributed by atoms with Gasteiger partial charge in [-0.2, -0.15) is 0 Å². The molecule has 11 heavy (non-hydrogen) atoms. The maximum atomic E-state index is 4.98. The van der Waals surface area contributed by atoms with E-state index >= 15 is 0 Å². The van der Waals surface area contributed by atoms with Crippen LogP contribution in [0.15, 0.2) is 0 Å². The van der Waals surface area contributed by atoms with E-state index < -0.39 is 6.46 Å². The van der Waals surface area contributed by atoms with Crippen molar-refractivity contribution in [3.05, 3.63) is 0 Å². The summed E-state index contributed by atoms with van der Waals surface area (Å²) in [5.74, 6) is 0. The summed E-state index contributed by atoms with van der Waals surface area (Å²) in [4.78, 5) is 0. The van der Waals surface area contributed by atoms with Crippen LogP contribution in [0.4, 0.5) is 0 Å².